The molecule has 1 saturated carbocycles. The Balaban J connectivity index is 1.31. The van der Waals surface area contributed by atoms with Crippen LogP contribution in [0.4, 0.5) is 5.82 Å². The third-order valence-electron chi connectivity index (χ3n) is 6.77. The SMILES string of the molecule is Cn1cc(-c2ccc3c(C#N)c(-c4ccc(N5C[C@@H]6C(CN)[C@@H]6C5)nc4)nn3c2)cn1. The van der Waals surface area contributed by atoms with Gasteiger partial charge in [-0.1, -0.05) is 6.07 Å². The molecule has 154 valence electrons. The monoisotopic (exact) mass is 410 g/mol. The van der Waals surface area contributed by atoms with Crippen molar-refractivity contribution in [3.63, 3.8) is 0 Å². The molecular weight excluding hydrogens is 388 g/mol. The van der Waals surface area contributed by atoms with E-state index < -0.39 is 0 Å². The zero-order valence-electron chi connectivity index (χ0n) is 17.2. The van der Waals surface area contributed by atoms with Crippen LogP contribution in [0.5, 0.6) is 0 Å². The second-order valence-electron chi connectivity index (χ2n) is 8.52. The maximum Gasteiger partial charge on any atom is 0.128 e. The van der Waals surface area contributed by atoms with Gasteiger partial charge in [-0.05, 0) is 42.5 Å². The quantitative estimate of drug-likeness (QED) is 0.554. The summed E-state index contributed by atoms with van der Waals surface area (Å²) in [5.41, 5.74) is 10.7. The van der Waals surface area contributed by atoms with Crippen molar-refractivity contribution in [1.29, 1.82) is 5.26 Å². The fraction of sp³-hybridized carbons (Fsp3) is 0.304. The molecule has 2 N–H and O–H groups in total. The highest BCUT2D eigenvalue weighted by atomic mass is 15.2. The highest BCUT2D eigenvalue weighted by molar-refractivity contribution is 5.78. The van der Waals surface area contributed by atoms with Gasteiger partial charge in [0.05, 0.1) is 11.7 Å². The molecule has 0 aromatic carbocycles. The van der Waals surface area contributed by atoms with Gasteiger partial charge in [0.15, 0.2) is 0 Å². The number of hydrogen-bond acceptors (Lipinski definition) is 6. The van der Waals surface area contributed by atoms with E-state index in [4.69, 9.17) is 10.8 Å². The van der Waals surface area contributed by atoms with Gasteiger partial charge < -0.3 is 10.6 Å². The Morgan fingerprint density at radius 3 is 2.52 bits per heavy atom. The van der Waals surface area contributed by atoms with E-state index in [0.29, 0.717) is 17.2 Å². The number of aryl methyl sites for hydroxylation is 1. The second kappa shape index (κ2) is 6.65. The molecule has 2 fully saturated rings. The molecule has 8 nitrogen and oxygen atoms in total. The topological polar surface area (TPSA) is 101 Å². The van der Waals surface area contributed by atoms with E-state index in [-0.39, 0.29) is 0 Å². The number of rotatable bonds is 4. The molecule has 4 aromatic rings. The Labute approximate surface area is 179 Å². The van der Waals surface area contributed by atoms with Crippen molar-refractivity contribution in [1.82, 2.24) is 24.4 Å². The summed E-state index contributed by atoms with van der Waals surface area (Å²) < 4.78 is 3.53. The molecule has 0 spiro atoms. The van der Waals surface area contributed by atoms with E-state index in [9.17, 15) is 5.26 Å². The van der Waals surface area contributed by atoms with Crippen molar-refractivity contribution in [3.05, 3.63) is 54.6 Å². The zero-order valence-corrected chi connectivity index (χ0v) is 17.2. The molecular formula is C23H22N8. The summed E-state index contributed by atoms with van der Waals surface area (Å²) >= 11 is 0. The van der Waals surface area contributed by atoms with Crippen molar-refractivity contribution in [2.45, 2.75) is 0 Å². The molecule has 6 rings (SSSR count). The van der Waals surface area contributed by atoms with Crippen LogP contribution in [0, 0.1) is 29.1 Å². The Morgan fingerprint density at radius 1 is 1.06 bits per heavy atom. The summed E-state index contributed by atoms with van der Waals surface area (Å²) in [5.74, 6) is 3.13. The molecule has 1 saturated heterocycles. The minimum Gasteiger partial charge on any atom is -0.356 e. The Bertz CT molecular complexity index is 1310. The van der Waals surface area contributed by atoms with Crippen LogP contribution >= 0.6 is 0 Å². The number of piperidine rings is 1. The Morgan fingerprint density at radius 2 is 1.87 bits per heavy atom. The summed E-state index contributed by atoms with van der Waals surface area (Å²) in [4.78, 5) is 7.02. The average molecular weight is 410 g/mol. The zero-order chi connectivity index (χ0) is 21.1. The molecule has 1 aliphatic heterocycles. The third-order valence-corrected chi connectivity index (χ3v) is 6.77. The number of pyridine rings is 2. The number of nitrogens with two attached hydrogens (primary N) is 1. The van der Waals surface area contributed by atoms with Crippen LogP contribution in [0.15, 0.2) is 49.1 Å². The molecule has 0 bridgehead atoms. The Hall–Kier alpha value is -3.70. The minimum absolute atomic E-state index is 0.556. The van der Waals surface area contributed by atoms with Crippen LogP contribution < -0.4 is 10.6 Å². The van der Waals surface area contributed by atoms with Gasteiger partial charge in [-0.15, -0.1) is 0 Å². The van der Waals surface area contributed by atoms with E-state index in [1.54, 1.807) is 9.20 Å². The number of hydrogen-bond donors (Lipinski definition) is 1. The normalized spacial score (nSPS) is 22.0. The van der Waals surface area contributed by atoms with Gasteiger partial charge in [-0.2, -0.15) is 15.5 Å². The van der Waals surface area contributed by atoms with E-state index in [2.05, 4.69) is 21.1 Å². The molecule has 1 unspecified atom stereocenters. The summed E-state index contributed by atoms with van der Waals surface area (Å²) in [6.45, 7) is 2.87. The number of nitrogens with zero attached hydrogens (tertiary/aromatic N) is 7. The fourth-order valence-electron chi connectivity index (χ4n) is 5.00. The van der Waals surface area contributed by atoms with Crippen LogP contribution in [0.25, 0.3) is 27.9 Å². The van der Waals surface area contributed by atoms with Crippen LogP contribution in [-0.4, -0.2) is 44.0 Å². The standard InChI is InChI=1S/C23H22N8/c1-29-10-16(9-27-29)15-2-4-21-18(7-25)23(28-31(21)11-15)14-3-5-22(26-8-14)30-12-19-17(6-24)20(19)13-30/h2-5,8-11,17,19-20H,6,12-13,24H2,1H3/t17?,19-,20+. The Kier molecular flexibility index (Phi) is 3.88. The largest absolute Gasteiger partial charge is 0.356 e. The molecule has 2 aliphatic rings. The number of aromatic nitrogens is 5. The lowest BCUT2D eigenvalue weighted by atomic mass is 10.1. The minimum atomic E-state index is 0.556. The molecule has 8 heteroatoms. The maximum absolute atomic E-state index is 9.81. The molecule has 3 atom stereocenters. The molecule has 1 aliphatic carbocycles. The lowest BCUT2D eigenvalue weighted by Gasteiger charge is -2.20. The molecule has 0 radical (unpaired) electrons. The van der Waals surface area contributed by atoms with Crippen LogP contribution in [0.3, 0.4) is 0 Å². The molecule has 31 heavy (non-hydrogen) atoms. The molecule has 5 heterocycles. The highest BCUT2D eigenvalue weighted by Crippen LogP contribution is 2.51. The van der Waals surface area contributed by atoms with Crippen molar-refractivity contribution in [3.8, 4) is 28.5 Å². The third kappa shape index (κ3) is 2.81. The lowest BCUT2D eigenvalue weighted by Crippen LogP contribution is -2.26. The van der Waals surface area contributed by atoms with Crippen LogP contribution in [0.1, 0.15) is 5.56 Å². The van der Waals surface area contributed by atoms with E-state index in [0.717, 1.165) is 59.5 Å². The number of nitriles is 1. The van der Waals surface area contributed by atoms with Gasteiger partial charge in [0.1, 0.15) is 23.1 Å². The van der Waals surface area contributed by atoms with Crippen molar-refractivity contribution in [2.24, 2.45) is 30.5 Å². The second-order valence-corrected chi connectivity index (χ2v) is 8.52. The van der Waals surface area contributed by atoms with Gasteiger partial charge in [0.2, 0.25) is 0 Å². The van der Waals surface area contributed by atoms with Crippen molar-refractivity contribution < 1.29 is 0 Å². The van der Waals surface area contributed by atoms with E-state index in [1.165, 1.54) is 0 Å². The van der Waals surface area contributed by atoms with Gasteiger partial charge >= 0.3 is 0 Å². The number of anilines is 1. The predicted molar refractivity (Wildman–Crippen MR) is 117 cm³/mol. The first-order chi connectivity index (χ1) is 15.2. The first-order valence-electron chi connectivity index (χ1n) is 10.5. The fourth-order valence-corrected chi connectivity index (χ4v) is 5.00. The summed E-state index contributed by atoms with van der Waals surface area (Å²) in [6.07, 6.45) is 7.53. The first kappa shape index (κ1) is 18.1. The van der Waals surface area contributed by atoms with Crippen molar-refractivity contribution >= 4 is 11.3 Å². The van der Waals surface area contributed by atoms with Gasteiger partial charge in [-0.3, -0.25) is 4.68 Å². The van der Waals surface area contributed by atoms with Gasteiger partial charge in [0, 0.05) is 55.4 Å². The van der Waals surface area contributed by atoms with Crippen molar-refractivity contribution in [2.75, 3.05) is 24.5 Å². The van der Waals surface area contributed by atoms with Gasteiger partial charge in [-0.25, -0.2) is 9.50 Å². The molecule has 4 aromatic heterocycles. The van der Waals surface area contributed by atoms with Crippen LogP contribution in [-0.2, 0) is 7.05 Å². The maximum atomic E-state index is 9.81. The highest BCUT2D eigenvalue weighted by Gasteiger charge is 2.54. The van der Waals surface area contributed by atoms with E-state index >= 15 is 0 Å². The molecule has 0 amide bonds. The smallest absolute Gasteiger partial charge is 0.128 e. The average Bonchev–Trinajstić information content (AvgIpc) is 3.20. The summed E-state index contributed by atoms with van der Waals surface area (Å²) in [7, 11) is 1.89. The first-order valence-corrected chi connectivity index (χ1v) is 10.5. The predicted octanol–water partition coefficient (Wildman–Crippen LogP) is 2.31. The lowest BCUT2D eigenvalue weighted by molar-refractivity contribution is 0.644. The summed E-state index contributed by atoms with van der Waals surface area (Å²) in [6, 6.07) is 10.3. The van der Waals surface area contributed by atoms with E-state index in [1.807, 2.05) is 56.1 Å². The number of fused-ring (bicyclic) bond motifs is 2. The summed E-state index contributed by atoms with van der Waals surface area (Å²) in [5, 5.41) is 18.8. The van der Waals surface area contributed by atoms with Gasteiger partial charge in [0.25, 0.3) is 0 Å². The van der Waals surface area contributed by atoms with Crippen LogP contribution in [0.2, 0.25) is 0 Å².